The number of fused-ring (bicyclic) bond motifs is 1. The van der Waals surface area contributed by atoms with Gasteiger partial charge in [-0.2, -0.15) is 0 Å². The van der Waals surface area contributed by atoms with Crippen LogP contribution in [0.25, 0.3) is 11.2 Å². The summed E-state index contributed by atoms with van der Waals surface area (Å²) in [4.78, 5) is 20.5. The van der Waals surface area contributed by atoms with Crippen LogP contribution in [0.15, 0.2) is 41.4 Å². The lowest BCUT2D eigenvalue weighted by molar-refractivity contribution is -0.131. The number of carbonyl (C=O) groups excluding carboxylic acids is 1. The number of nitrogens with zero attached hydrogens (tertiary/aromatic N) is 6. The number of carbonyl (C=O) groups is 1. The molecule has 146 valence electrons. The second-order valence-electron chi connectivity index (χ2n) is 7.01. The molecular formula is C19H23N7O2. The van der Waals surface area contributed by atoms with Crippen LogP contribution in [-0.2, 0) is 11.3 Å². The highest BCUT2D eigenvalue weighted by Crippen LogP contribution is 2.26. The van der Waals surface area contributed by atoms with Crippen LogP contribution in [0.4, 0.5) is 5.95 Å². The lowest BCUT2D eigenvalue weighted by atomic mass is 10.0. The van der Waals surface area contributed by atoms with E-state index in [0.717, 1.165) is 29.0 Å². The SMILES string of the molecule is CN(C)CC(=O)N1CC=C(c2cnc(NCc3ccco3)n3cnnc23)CC1. The molecular weight excluding hydrogens is 358 g/mol. The van der Waals surface area contributed by atoms with Crippen molar-refractivity contribution in [3.63, 3.8) is 0 Å². The molecule has 0 spiro atoms. The minimum absolute atomic E-state index is 0.142. The van der Waals surface area contributed by atoms with Gasteiger partial charge in [0.15, 0.2) is 5.65 Å². The molecule has 0 aliphatic carbocycles. The second kappa shape index (κ2) is 7.81. The predicted molar refractivity (Wildman–Crippen MR) is 105 cm³/mol. The highest BCUT2D eigenvalue weighted by atomic mass is 16.3. The van der Waals surface area contributed by atoms with Crippen molar-refractivity contribution in [1.82, 2.24) is 29.4 Å². The highest BCUT2D eigenvalue weighted by molar-refractivity contribution is 5.81. The molecule has 0 bridgehead atoms. The molecule has 0 unspecified atom stereocenters. The number of likely N-dealkylation sites (N-methyl/N-ethyl adjacent to an activating group) is 1. The quantitative estimate of drug-likeness (QED) is 0.692. The lowest BCUT2D eigenvalue weighted by Gasteiger charge is -2.27. The number of aromatic nitrogens is 4. The zero-order chi connectivity index (χ0) is 19.5. The third-order valence-corrected chi connectivity index (χ3v) is 4.69. The molecule has 1 aliphatic heterocycles. The van der Waals surface area contributed by atoms with Gasteiger partial charge >= 0.3 is 0 Å². The van der Waals surface area contributed by atoms with Crippen molar-refractivity contribution in [2.45, 2.75) is 13.0 Å². The van der Waals surface area contributed by atoms with Crippen molar-refractivity contribution in [2.24, 2.45) is 0 Å². The molecule has 3 aromatic heterocycles. The van der Waals surface area contributed by atoms with E-state index < -0.39 is 0 Å². The Hall–Kier alpha value is -3.20. The van der Waals surface area contributed by atoms with E-state index in [-0.39, 0.29) is 5.91 Å². The largest absolute Gasteiger partial charge is 0.467 e. The smallest absolute Gasteiger partial charge is 0.237 e. The molecule has 4 heterocycles. The van der Waals surface area contributed by atoms with Gasteiger partial charge < -0.3 is 19.5 Å². The summed E-state index contributed by atoms with van der Waals surface area (Å²) in [5, 5.41) is 11.6. The van der Waals surface area contributed by atoms with Gasteiger partial charge in [0.1, 0.15) is 12.1 Å². The predicted octanol–water partition coefficient (Wildman–Crippen LogP) is 1.51. The summed E-state index contributed by atoms with van der Waals surface area (Å²) < 4.78 is 7.18. The molecule has 0 aromatic carbocycles. The van der Waals surface area contributed by atoms with E-state index in [4.69, 9.17) is 4.42 Å². The highest BCUT2D eigenvalue weighted by Gasteiger charge is 2.20. The normalized spacial score (nSPS) is 14.5. The van der Waals surface area contributed by atoms with E-state index in [9.17, 15) is 4.79 Å². The third-order valence-electron chi connectivity index (χ3n) is 4.69. The number of furan rings is 1. The van der Waals surface area contributed by atoms with Gasteiger partial charge in [0.2, 0.25) is 11.9 Å². The summed E-state index contributed by atoms with van der Waals surface area (Å²) in [7, 11) is 3.80. The van der Waals surface area contributed by atoms with Crippen LogP contribution in [0, 0.1) is 0 Å². The first-order valence-electron chi connectivity index (χ1n) is 9.18. The summed E-state index contributed by atoms with van der Waals surface area (Å²) in [6, 6.07) is 3.75. The van der Waals surface area contributed by atoms with Crippen LogP contribution in [0.5, 0.6) is 0 Å². The van der Waals surface area contributed by atoms with Gasteiger partial charge in [0.25, 0.3) is 0 Å². The van der Waals surface area contributed by atoms with Crippen molar-refractivity contribution >= 4 is 23.1 Å². The molecule has 9 nitrogen and oxygen atoms in total. The Kier molecular flexibility index (Phi) is 5.07. The molecule has 0 radical (unpaired) electrons. The van der Waals surface area contributed by atoms with Gasteiger partial charge in [-0.05, 0) is 38.2 Å². The van der Waals surface area contributed by atoms with E-state index in [1.165, 1.54) is 0 Å². The number of nitrogens with one attached hydrogen (secondary N) is 1. The molecule has 4 rings (SSSR count). The first-order valence-corrected chi connectivity index (χ1v) is 9.18. The topological polar surface area (TPSA) is 91.8 Å². The van der Waals surface area contributed by atoms with Gasteiger partial charge in [-0.3, -0.25) is 9.20 Å². The Bertz CT molecular complexity index is 991. The molecule has 1 N–H and O–H groups in total. The molecule has 9 heteroatoms. The molecule has 3 aromatic rings. The Morgan fingerprint density at radius 1 is 1.39 bits per heavy atom. The zero-order valence-corrected chi connectivity index (χ0v) is 16.0. The van der Waals surface area contributed by atoms with Crippen LogP contribution >= 0.6 is 0 Å². The minimum atomic E-state index is 0.142. The first-order chi connectivity index (χ1) is 13.6. The Morgan fingerprint density at radius 2 is 2.29 bits per heavy atom. The maximum Gasteiger partial charge on any atom is 0.237 e. The number of hydrogen-bond donors (Lipinski definition) is 1. The van der Waals surface area contributed by atoms with Crippen LogP contribution in [-0.4, -0.2) is 69.0 Å². The van der Waals surface area contributed by atoms with Crippen molar-refractivity contribution in [2.75, 3.05) is 39.0 Å². The third kappa shape index (κ3) is 3.74. The molecule has 0 atom stereocenters. The first kappa shape index (κ1) is 18.2. The van der Waals surface area contributed by atoms with Gasteiger partial charge in [0, 0.05) is 24.8 Å². The summed E-state index contributed by atoms with van der Waals surface area (Å²) in [5.41, 5.74) is 2.83. The number of rotatable bonds is 6. The van der Waals surface area contributed by atoms with Crippen molar-refractivity contribution in [3.8, 4) is 0 Å². The maximum atomic E-state index is 12.2. The Morgan fingerprint density at radius 3 is 3.00 bits per heavy atom. The van der Waals surface area contributed by atoms with Gasteiger partial charge in [0.05, 0.1) is 19.4 Å². The van der Waals surface area contributed by atoms with Crippen LogP contribution < -0.4 is 5.32 Å². The zero-order valence-electron chi connectivity index (χ0n) is 16.0. The Labute approximate surface area is 162 Å². The van der Waals surface area contributed by atoms with Crippen LogP contribution in [0.3, 0.4) is 0 Å². The van der Waals surface area contributed by atoms with Crippen molar-refractivity contribution in [1.29, 1.82) is 0 Å². The van der Waals surface area contributed by atoms with E-state index in [1.807, 2.05) is 46.6 Å². The van der Waals surface area contributed by atoms with Crippen molar-refractivity contribution < 1.29 is 9.21 Å². The molecule has 0 fully saturated rings. The molecule has 0 saturated heterocycles. The minimum Gasteiger partial charge on any atom is -0.467 e. The average Bonchev–Trinajstić information content (AvgIpc) is 3.38. The van der Waals surface area contributed by atoms with E-state index >= 15 is 0 Å². The monoisotopic (exact) mass is 381 g/mol. The van der Waals surface area contributed by atoms with Crippen LogP contribution in [0.1, 0.15) is 17.7 Å². The molecule has 0 saturated carbocycles. The Balaban J connectivity index is 1.52. The average molecular weight is 381 g/mol. The van der Waals surface area contributed by atoms with E-state index in [2.05, 4.69) is 26.6 Å². The number of anilines is 1. The second-order valence-corrected chi connectivity index (χ2v) is 7.01. The summed E-state index contributed by atoms with van der Waals surface area (Å²) in [6.07, 6.45) is 7.95. The molecule has 1 aliphatic rings. The van der Waals surface area contributed by atoms with Gasteiger partial charge in [-0.25, -0.2) is 4.98 Å². The van der Waals surface area contributed by atoms with Crippen molar-refractivity contribution in [3.05, 3.63) is 48.3 Å². The standard InChI is InChI=1S/C19H23N7O2/c1-24(2)12-17(27)25-7-5-14(6-8-25)16-11-21-19(26-13-22-23-18(16)26)20-10-15-4-3-9-28-15/h3-5,9,11,13H,6-8,10,12H2,1-2H3,(H,20,21). The summed E-state index contributed by atoms with van der Waals surface area (Å²) in [6.45, 7) is 2.24. The lowest BCUT2D eigenvalue weighted by Crippen LogP contribution is -2.40. The van der Waals surface area contributed by atoms with Crippen LogP contribution in [0.2, 0.25) is 0 Å². The summed E-state index contributed by atoms with van der Waals surface area (Å²) >= 11 is 0. The van der Waals surface area contributed by atoms with Gasteiger partial charge in [-0.1, -0.05) is 6.08 Å². The fourth-order valence-corrected chi connectivity index (χ4v) is 3.27. The molecule has 28 heavy (non-hydrogen) atoms. The fraction of sp³-hybridized carbons (Fsp3) is 0.368. The summed E-state index contributed by atoms with van der Waals surface area (Å²) in [5.74, 6) is 1.62. The number of hydrogen-bond acceptors (Lipinski definition) is 7. The fourth-order valence-electron chi connectivity index (χ4n) is 3.27. The number of amides is 1. The maximum absolute atomic E-state index is 12.2. The van der Waals surface area contributed by atoms with Gasteiger partial charge in [-0.15, -0.1) is 10.2 Å². The van der Waals surface area contributed by atoms with E-state index in [0.29, 0.717) is 32.1 Å². The molecule has 1 amide bonds. The van der Waals surface area contributed by atoms with E-state index in [1.54, 1.807) is 12.6 Å².